The second-order valence-electron chi connectivity index (χ2n) is 22.3. The minimum Gasteiger partial charge on any atom is -0.493 e. The van der Waals surface area contributed by atoms with Gasteiger partial charge in [-0.15, -0.1) is 0 Å². The van der Waals surface area contributed by atoms with Gasteiger partial charge in [-0.2, -0.15) is 0 Å². The zero-order valence-corrected chi connectivity index (χ0v) is 49.8. The van der Waals surface area contributed by atoms with Gasteiger partial charge in [-0.1, -0.05) is 259 Å². The Morgan fingerprint density at radius 3 is 0.618 bits per heavy atom. The SMILES string of the molecule is CCCCCCCCCCCCOc1cc(COc2cc(CO)cc(OCc3cc(OCCCCCCCCCCCC)cc(OCCCCCCCCCCCC)c3)c2)cc(OCCCCCCCCCCCC)c1. The highest BCUT2D eigenvalue weighted by Crippen LogP contribution is 2.30. The van der Waals surface area contributed by atoms with Crippen LogP contribution in [-0.4, -0.2) is 31.5 Å². The van der Waals surface area contributed by atoms with Crippen molar-refractivity contribution in [2.75, 3.05) is 26.4 Å². The van der Waals surface area contributed by atoms with Crippen LogP contribution in [0, 0.1) is 0 Å². The third-order valence-electron chi connectivity index (χ3n) is 14.9. The number of unbranched alkanes of at least 4 members (excludes halogenated alkanes) is 36. The van der Waals surface area contributed by atoms with Gasteiger partial charge in [-0.05, 0) is 78.8 Å². The largest absolute Gasteiger partial charge is 0.493 e. The molecule has 0 aliphatic heterocycles. The highest BCUT2D eigenvalue weighted by atomic mass is 16.5. The molecule has 0 atom stereocenters. The lowest BCUT2D eigenvalue weighted by Gasteiger charge is -2.15. The van der Waals surface area contributed by atoms with Crippen molar-refractivity contribution in [1.29, 1.82) is 0 Å². The standard InChI is InChI=1S/C69H116O7/c1-5-9-13-17-21-25-29-33-37-41-45-71-64-51-62(52-65(55-64)72-46-42-38-34-30-26-22-18-14-10-6-2)59-75-68-49-61(58-70)50-69(57-68)76-60-63-53-66(73-47-43-39-35-31-27-23-19-15-11-7-3)56-67(54-63)74-48-44-40-36-32-28-24-20-16-12-8-4/h49-57,70H,5-48,58-60H2,1-4H3. The van der Waals surface area contributed by atoms with Gasteiger partial charge in [0, 0.05) is 18.2 Å². The quantitative estimate of drug-likeness (QED) is 0.0565. The normalized spacial score (nSPS) is 11.3. The van der Waals surface area contributed by atoms with Gasteiger partial charge in [0.2, 0.25) is 0 Å². The van der Waals surface area contributed by atoms with Crippen LogP contribution >= 0.6 is 0 Å². The monoisotopic (exact) mass is 1060 g/mol. The third-order valence-corrected chi connectivity index (χ3v) is 14.9. The number of hydrogen-bond donors (Lipinski definition) is 1. The summed E-state index contributed by atoms with van der Waals surface area (Å²) in [6.07, 6.45) is 51.9. The van der Waals surface area contributed by atoms with Gasteiger partial charge < -0.3 is 33.5 Å². The van der Waals surface area contributed by atoms with Crippen LogP contribution in [0.4, 0.5) is 0 Å². The average Bonchev–Trinajstić information content (AvgIpc) is 3.43. The summed E-state index contributed by atoms with van der Waals surface area (Å²) in [4.78, 5) is 0. The molecular formula is C69H116O7. The van der Waals surface area contributed by atoms with Crippen molar-refractivity contribution in [3.63, 3.8) is 0 Å². The van der Waals surface area contributed by atoms with Gasteiger partial charge in [0.25, 0.3) is 0 Å². The molecule has 0 aliphatic carbocycles. The van der Waals surface area contributed by atoms with E-state index in [1.807, 2.05) is 30.3 Å². The third kappa shape index (κ3) is 36.5. The molecule has 3 aromatic carbocycles. The van der Waals surface area contributed by atoms with Gasteiger partial charge in [0.1, 0.15) is 47.7 Å². The number of benzene rings is 3. The number of ether oxygens (including phenoxy) is 6. The van der Waals surface area contributed by atoms with Crippen LogP contribution in [0.2, 0.25) is 0 Å². The van der Waals surface area contributed by atoms with E-state index in [0.29, 0.717) is 51.1 Å². The summed E-state index contributed by atoms with van der Waals surface area (Å²) in [5.41, 5.74) is 2.70. The van der Waals surface area contributed by atoms with Crippen LogP contribution in [0.15, 0.2) is 54.6 Å². The summed E-state index contributed by atoms with van der Waals surface area (Å²) in [5.74, 6) is 4.57. The summed E-state index contributed by atoms with van der Waals surface area (Å²) in [6.45, 7) is 12.4. The van der Waals surface area contributed by atoms with E-state index >= 15 is 0 Å². The van der Waals surface area contributed by atoms with Gasteiger partial charge in [0.15, 0.2) is 0 Å². The van der Waals surface area contributed by atoms with E-state index in [1.165, 1.54) is 231 Å². The fourth-order valence-corrected chi connectivity index (χ4v) is 10.1. The minimum absolute atomic E-state index is 0.119. The highest BCUT2D eigenvalue weighted by molar-refractivity contribution is 5.42. The second-order valence-corrected chi connectivity index (χ2v) is 22.3. The van der Waals surface area contributed by atoms with Crippen LogP contribution in [0.5, 0.6) is 34.5 Å². The molecule has 434 valence electrons. The summed E-state index contributed by atoms with van der Waals surface area (Å²) in [5, 5.41) is 10.3. The van der Waals surface area contributed by atoms with Crippen LogP contribution in [-0.2, 0) is 19.8 Å². The molecule has 0 spiro atoms. The molecule has 1 N–H and O–H groups in total. The number of rotatable bonds is 55. The molecule has 0 radical (unpaired) electrons. The topological polar surface area (TPSA) is 75.6 Å². The zero-order chi connectivity index (χ0) is 54.0. The summed E-state index contributed by atoms with van der Waals surface area (Å²) in [6, 6.07) is 18.1. The summed E-state index contributed by atoms with van der Waals surface area (Å²) < 4.78 is 38.4. The fourth-order valence-electron chi connectivity index (χ4n) is 10.1. The van der Waals surface area contributed by atoms with Crippen molar-refractivity contribution >= 4 is 0 Å². The molecule has 0 saturated carbocycles. The van der Waals surface area contributed by atoms with E-state index in [4.69, 9.17) is 28.4 Å². The van der Waals surface area contributed by atoms with Crippen molar-refractivity contribution in [1.82, 2.24) is 0 Å². The van der Waals surface area contributed by atoms with Crippen LogP contribution in [0.3, 0.4) is 0 Å². The molecule has 3 aromatic rings. The maximum absolute atomic E-state index is 10.3. The maximum atomic E-state index is 10.3. The first kappa shape index (κ1) is 66.7. The molecule has 7 nitrogen and oxygen atoms in total. The molecule has 0 aliphatic rings. The molecule has 0 bridgehead atoms. The molecular weight excluding hydrogens is 941 g/mol. The Labute approximate surface area is 468 Å². The van der Waals surface area contributed by atoms with E-state index < -0.39 is 0 Å². The Balaban J connectivity index is 1.60. The molecule has 7 heteroatoms. The van der Waals surface area contributed by atoms with E-state index in [0.717, 1.165) is 65.4 Å². The Morgan fingerprint density at radius 2 is 0.408 bits per heavy atom. The van der Waals surface area contributed by atoms with Crippen LogP contribution in [0.25, 0.3) is 0 Å². The first-order valence-electron chi connectivity index (χ1n) is 32.4. The van der Waals surface area contributed by atoms with Gasteiger partial charge >= 0.3 is 0 Å². The zero-order valence-electron chi connectivity index (χ0n) is 49.8. The minimum atomic E-state index is -0.119. The molecule has 0 amide bonds. The smallest absolute Gasteiger partial charge is 0.123 e. The van der Waals surface area contributed by atoms with Crippen molar-refractivity contribution < 1.29 is 33.5 Å². The fraction of sp³-hybridized carbons (Fsp3) is 0.739. The van der Waals surface area contributed by atoms with Gasteiger partial charge in [-0.25, -0.2) is 0 Å². The predicted octanol–water partition coefficient (Wildman–Crippen LogP) is 21.5. The van der Waals surface area contributed by atoms with Crippen LogP contribution < -0.4 is 28.4 Å². The predicted molar refractivity (Wildman–Crippen MR) is 323 cm³/mol. The number of aliphatic hydroxyl groups excluding tert-OH is 1. The van der Waals surface area contributed by atoms with E-state index in [-0.39, 0.29) is 6.61 Å². The van der Waals surface area contributed by atoms with Crippen molar-refractivity contribution in [3.8, 4) is 34.5 Å². The van der Waals surface area contributed by atoms with Gasteiger partial charge in [-0.3, -0.25) is 0 Å². The Morgan fingerprint density at radius 1 is 0.224 bits per heavy atom. The van der Waals surface area contributed by atoms with Crippen LogP contribution in [0.1, 0.15) is 301 Å². The Hall–Kier alpha value is -3.58. The summed E-state index contributed by atoms with van der Waals surface area (Å²) in [7, 11) is 0. The molecule has 76 heavy (non-hydrogen) atoms. The van der Waals surface area contributed by atoms with Crippen molar-refractivity contribution in [2.45, 2.75) is 304 Å². The Bertz CT molecular complexity index is 1550. The second kappa shape index (κ2) is 48.5. The van der Waals surface area contributed by atoms with E-state index in [2.05, 4.69) is 52.0 Å². The Kier molecular flexibility index (Phi) is 42.6. The first-order valence-corrected chi connectivity index (χ1v) is 32.4. The molecule has 0 heterocycles. The van der Waals surface area contributed by atoms with Crippen molar-refractivity contribution in [2.24, 2.45) is 0 Å². The van der Waals surface area contributed by atoms with Crippen molar-refractivity contribution in [3.05, 3.63) is 71.3 Å². The molecule has 3 rings (SSSR count). The number of aliphatic hydroxyl groups is 1. The molecule has 0 unspecified atom stereocenters. The van der Waals surface area contributed by atoms with E-state index in [1.54, 1.807) is 0 Å². The first-order chi connectivity index (χ1) is 37.6. The molecule has 0 aromatic heterocycles. The molecule has 0 saturated heterocycles. The maximum Gasteiger partial charge on any atom is 0.123 e. The van der Waals surface area contributed by atoms with E-state index in [9.17, 15) is 5.11 Å². The molecule has 0 fully saturated rings. The summed E-state index contributed by atoms with van der Waals surface area (Å²) >= 11 is 0. The average molecular weight is 1060 g/mol. The lowest BCUT2D eigenvalue weighted by atomic mass is 10.1. The highest BCUT2D eigenvalue weighted by Gasteiger charge is 2.11. The lowest BCUT2D eigenvalue weighted by Crippen LogP contribution is -2.04. The van der Waals surface area contributed by atoms with Gasteiger partial charge in [0.05, 0.1) is 33.0 Å². The number of hydrogen-bond acceptors (Lipinski definition) is 7. The lowest BCUT2D eigenvalue weighted by molar-refractivity contribution is 0.267.